The molecule has 2 aromatic carbocycles. The monoisotopic (exact) mass is 488 g/mol. The minimum absolute atomic E-state index is 0.219. The number of aryl methyl sites for hydroxylation is 1. The van der Waals surface area contributed by atoms with E-state index >= 15 is 0 Å². The molecule has 6 nitrogen and oxygen atoms in total. The van der Waals surface area contributed by atoms with Crippen LogP contribution in [0.2, 0.25) is 5.02 Å². The summed E-state index contributed by atoms with van der Waals surface area (Å²) in [6.45, 7) is 2.09. The summed E-state index contributed by atoms with van der Waals surface area (Å²) in [5.41, 5.74) is 1.20. The fourth-order valence-corrected chi connectivity index (χ4v) is 5.38. The standard InChI is InChI=1S/C26H17ClN2O4S/c1-14-28-24-22(25(30)29(14)13-15-8-10-16(27)11-9-15)20(19-7-4-12-34-19)21-23(33-24)17-5-2-3-6-18(17)32-26(21)31/h2-12,20H,13H2,1H3. The number of hydrogen-bond donors (Lipinski definition) is 0. The third-order valence-electron chi connectivity index (χ3n) is 6.02. The number of aromatic nitrogens is 2. The smallest absolute Gasteiger partial charge is 0.344 e. The zero-order valence-electron chi connectivity index (χ0n) is 17.9. The van der Waals surface area contributed by atoms with Gasteiger partial charge >= 0.3 is 5.63 Å². The highest BCUT2D eigenvalue weighted by atomic mass is 35.5. The molecule has 0 saturated carbocycles. The second-order valence-electron chi connectivity index (χ2n) is 8.07. The van der Waals surface area contributed by atoms with E-state index in [4.69, 9.17) is 20.8 Å². The van der Waals surface area contributed by atoms with E-state index in [1.165, 1.54) is 11.3 Å². The van der Waals surface area contributed by atoms with Gasteiger partial charge in [-0.05, 0) is 48.2 Å². The van der Waals surface area contributed by atoms with Crippen LogP contribution in [-0.2, 0) is 6.54 Å². The predicted octanol–water partition coefficient (Wildman–Crippen LogP) is 5.71. The van der Waals surface area contributed by atoms with Crippen molar-refractivity contribution in [2.24, 2.45) is 0 Å². The van der Waals surface area contributed by atoms with E-state index in [2.05, 4.69) is 4.98 Å². The van der Waals surface area contributed by atoms with Crippen LogP contribution in [0.5, 0.6) is 11.6 Å². The highest BCUT2D eigenvalue weighted by Gasteiger charge is 2.38. The minimum Gasteiger partial charge on any atom is -0.437 e. The SMILES string of the molecule is Cc1nc2c(c(=O)n1Cc1ccc(Cl)cc1)C(c1cccs1)c1c(c3ccccc3oc1=O)O2. The number of rotatable bonds is 3. The Bertz CT molecular complexity index is 1670. The molecule has 1 aliphatic rings. The Morgan fingerprint density at radius 1 is 1.03 bits per heavy atom. The van der Waals surface area contributed by atoms with Gasteiger partial charge in [0.15, 0.2) is 5.75 Å². The van der Waals surface area contributed by atoms with Gasteiger partial charge in [-0.25, -0.2) is 4.79 Å². The summed E-state index contributed by atoms with van der Waals surface area (Å²) in [5, 5.41) is 3.20. The van der Waals surface area contributed by atoms with Gasteiger partial charge in [-0.1, -0.05) is 41.9 Å². The molecule has 0 bridgehead atoms. The van der Waals surface area contributed by atoms with Gasteiger partial charge < -0.3 is 9.15 Å². The maximum absolute atomic E-state index is 13.9. The molecular formula is C26H17ClN2O4S. The van der Waals surface area contributed by atoms with Crippen molar-refractivity contribution in [2.45, 2.75) is 19.4 Å². The topological polar surface area (TPSA) is 74.3 Å². The van der Waals surface area contributed by atoms with Crippen molar-refractivity contribution in [1.82, 2.24) is 9.55 Å². The Labute approximate surface area is 202 Å². The van der Waals surface area contributed by atoms with E-state index in [1.807, 2.05) is 41.8 Å². The fourth-order valence-electron chi connectivity index (χ4n) is 4.41. The lowest BCUT2D eigenvalue weighted by molar-refractivity contribution is 0.414. The van der Waals surface area contributed by atoms with Crippen LogP contribution in [0, 0.1) is 6.92 Å². The summed E-state index contributed by atoms with van der Waals surface area (Å²) in [6.07, 6.45) is 0. The fraction of sp³-hybridized carbons (Fsp3) is 0.115. The van der Waals surface area contributed by atoms with E-state index in [0.29, 0.717) is 45.2 Å². The van der Waals surface area contributed by atoms with Gasteiger partial charge in [-0.3, -0.25) is 9.36 Å². The van der Waals surface area contributed by atoms with E-state index in [9.17, 15) is 9.59 Å². The Balaban J connectivity index is 1.61. The number of thiophene rings is 1. The van der Waals surface area contributed by atoms with Crippen LogP contribution in [0.25, 0.3) is 11.0 Å². The molecule has 0 saturated heterocycles. The molecular weight excluding hydrogens is 472 g/mol. The molecule has 1 atom stereocenters. The minimum atomic E-state index is -0.642. The lowest BCUT2D eigenvalue weighted by Gasteiger charge is -2.27. The van der Waals surface area contributed by atoms with Gasteiger partial charge in [0.2, 0.25) is 5.88 Å². The molecule has 1 unspecified atom stereocenters. The highest BCUT2D eigenvalue weighted by Crippen LogP contribution is 2.47. The summed E-state index contributed by atoms with van der Waals surface area (Å²) in [6, 6.07) is 18.3. The first-order chi connectivity index (χ1) is 16.5. The average molecular weight is 489 g/mol. The van der Waals surface area contributed by atoms with E-state index in [-0.39, 0.29) is 11.4 Å². The van der Waals surface area contributed by atoms with Crippen LogP contribution in [0.15, 0.2) is 80.0 Å². The molecule has 34 heavy (non-hydrogen) atoms. The third-order valence-corrected chi connectivity index (χ3v) is 7.21. The summed E-state index contributed by atoms with van der Waals surface area (Å²) < 4.78 is 13.4. The molecule has 8 heteroatoms. The third kappa shape index (κ3) is 3.28. The number of hydrogen-bond acceptors (Lipinski definition) is 6. The van der Waals surface area contributed by atoms with Crippen LogP contribution >= 0.6 is 22.9 Å². The molecule has 1 aliphatic heterocycles. The van der Waals surface area contributed by atoms with Crippen molar-refractivity contribution >= 4 is 33.9 Å². The number of fused-ring (bicyclic) bond motifs is 4. The number of ether oxygens (including phenoxy) is 1. The number of nitrogens with zero attached hydrogens (tertiary/aromatic N) is 2. The summed E-state index contributed by atoms with van der Waals surface area (Å²) in [5.74, 6) is 0.479. The second kappa shape index (κ2) is 7.97. The largest absolute Gasteiger partial charge is 0.437 e. The summed E-state index contributed by atoms with van der Waals surface area (Å²) >= 11 is 7.49. The van der Waals surface area contributed by atoms with E-state index < -0.39 is 11.5 Å². The molecule has 0 aliphatic carbocycles. The molecule has 0 amide bonds. The van der Waals surface area contributed by atoms with Gasteiger partial charge in [-0.2, -0.15) is 4.98 Å². The number of para-hydroxylation sites is 1. The van der Waals surface area contributed by atoms with Crippen molar-refractivity contribution in [3.05, 3.63) is 119 Å². The lowest BCUT2D eigenvalue weighted by Crippen LogP contribution is -2.33. The van der Waals surface area contributed by atoms with Crippen LogP contribution in [0.3, 0.4) is 0 Å². The molecule has 4 heterocycles. The van der Waals surface area contributed by atoms with Crippen LogP contribution in [0.1, 0.15) is 33.3 Å². The number of benzene rings is 2. The van der Waals surface area contributed by atoms with Gasteiger partial charge in [0, 0.05) is 9.90 Å². The average Bonchev–Trinajstić information content (AvgIpc) is 3.36. The van der Waals surface area contributed by atoms with Crippen LogP contribution in [0.4, 0.5) is 0 Å². The molecule has 0 radical (unpaired) electrons. The lowest BCUT2D eigenvalue weighted by atomic mass is 9.88. The first kappa shape index (κ1) is 20.9. The zero-order valence-corrected chi connectivity index (χ0v) is 19.5. The first-order valence-electron chi connectivity index (χ1n) is 10.6. The Morgan fingerprint density at radius 3 is 2.59 bits per heavy atom. The second-order valence-corrected chi connectivity index (χ2v) is 9.49. The van der Waals surface area contributed by atoms with Crippen molar-refractivity contribution in [3.8, 4) is 11.6 Å². The van der Waals surface area contributed by atoms with Crippen molar-refractivity contribution in [2.75, 3.05) is 0 Å². The van der Waals surface area contributed by atoms with Crippen molar-refractivity contribution < 1.29 is 9.15 Å². The molecule has 0 fully saturated rings. The summed E-state index contributed by atoms with van der Waals surface area (Å²) in [4.78, 5) is 32.6. The van der Waals surface area contributed by atoms with Gasteiger partial charge in [0.25, 0.3) is 5.56 Å². The quantitative estimate of drug-likeness (QED) is 0.298. The van der Waals surface area contributed by atoms with Crippen molar-refractivity contribution in [3.63, 3.8) is 0 Å². The van der Waals surface area contributed by atoms with Gasteiger partial charge in [0.1, 0.15) is 11.4 Å². The maximum atomic E-state index is 13.9. The first-order valence-corrected chi connectivity index (χ1v) is 11.9. The molecule has 3 aromatic heterocycles. The predicted molar refractivity (Wildman–Crippen MR) is 132 cm³/mol. The van der Waals surface area contributed by atoms with Crippen LogP contribution in [-0.4, -0.2) is 9.55 Å². The Morgan fingerprint density at radius 2 is 1.82 bits per heavy atom. The highest BCUT2D eigenvalue weighted by molar-refractivity contribution is 7.10. The van der Waals surface area contributed by atoms with Gasteiger partial charge in [0.05, 0.1) is 29.0 Å². The molecule has 0 N–H and O–H groups in total. The van der Waals surface area contributed by atoms with E-state index in [1.54, 1.807) is 35.8 Å². The Hall–Kier alpha value is -3.68. The summed E-state index contributed by atoms with van der Waals surface area (Å²) in [7, 11) is 0. The Kier molecular flexibility index (Phi) is 4.90. The molecule has 6 rings (SSSR count). The van der Waals surface area contributed by atoms with Gasteiger partial charge in [-0.15, -0.1) is 11.3 Å². The maximum Gasteiger partial charge on any atom is 0.344 e. The normalized spacial score (nSPS) is 14.5. The molecule has 168 valence electrons. The van der Waals surface area contributed by atoms with Crippen molar-refractivity contribution in [1.29, 1.82) is 0 Å². The van der Waals surface area contributed by atoms with Crippen LogP contribution < -0.4 is 15.9 Å². The molecule has 5 aromatic rings. The molecule has 0 spiro atoms. The zero-order chi connectivity index (χ0) is 23.4. The number of halogens is 1. The van der Waals surface area contributed by atoms with E-state index in [0.717, 1.165) is 10.4 Å².